The molecule has 0 saturated carbocycles. The summed E-state index contributed by atoms with van der Waals surface area (Å²) in [5.41, 5.74) is 3.13. The number of halogens is 2. The first-order valence-corrected chi connectivity index (χ1v) is 4.66. The lowest BCUT2D eigenvalue weighted by Gasteiger charge is -2.18. The zero-order chi connectivity index (χ0) is 9.26. The Labute approximate surface area is 93.8 Å². The standard InChI is InChI=1S/C9H10ClNO2.ClH/c1-6-9-8(4-12-5-13-9)7(2-10)3-11-6;/h3H,2,4-5H2,1H3;1H. The van der Waals surface area contributed by atoms with Gasteiger partial charge in [0, 0.05) is 18.1 Å². The summed E-state index contributed by atoms with van der Waals surface area (Å²) in [4.78, 5) is 3.11. The van der Waals surface area contributed by atoms with E-state index in [9.17, 15) is 0 Å². The van der Waals surface area contributed by atoms with E-state index in [1.54, 1.807) is 0 Å². The van der Waals surface area contributed by atoms with E-state index in [4.69, 9.17) is 21.1 Å². The number of alkyl halides is 1. The molecule has 0 amide bonds. The van der Waals surface area contributed by atoms with Crippen LogP contribution in [-0.2, 0) is 17.2 Å². The van der Waals surface area contributed by atoms with Crippen molar-refractivity contribution in [1.29, 1.82) is 0 Å². The maximum atomic E-state index is 5.79. The average Bonchev–Trinajstić information content (AvgIpc) is 2.19. The molecular formula is C9H11Cl2NO2. The van der Waals surface area contributed by atoms with E-state index in [1.165, 1.54) is 0 Å². The number of ether oxygens (including phenoxy) is 2. The number of fused-ring (bicyclic) bond motifs is 1. The second kappa shape index (κ2) is 4.82. The smallest absolute Gasteiger partial charge is 0.219 e. The van der Waals surface area contributed by atoms with Crippen molar-refractivity contribution in [2.24, 2.45) is 0 Å². The molecule has 14 heavy (non-hydrogen) atoms. The van der Waals surface area contributed by atoms with E-state index in [1.807, 2.05) is 13.1 Å². The van der Waals surface area contributed by atoms with Crippen molar-refractivity contribution in [1.82, 2.24) is 0 Å². The molecule has 0 saturated heterocycles. The van der Waals surface area contributed by atoms with Gasteiger partial charge in [0.25, 0.3) is 0 Å². The molecule has 2 heterocycles. The van der Waals surface area contributed by atoms with Crippen molar-refractivity contribution in [3.05, 3.63) is 23.0 Å². The zero-order valence-electron chi connectivity index (χ0n) is 7.77. The molecule has 0 radical (unpaired) electrons. The van der Waals surface area contributed by atoms with Crippen LogP contribution in [0.4, 0.5) is 0 Å². The van der Waals surface area contributed by atoms with E-state index in [0.717, 1.165) is 22.6 Å². The summed E-state index contributed by atoms with van der Waals surface area (Å²) >= 11 is 5.79. The molecule has 0 spiro atoms. The molecule has 0 aromatic carbocycles. The molecule has 2 rings (SSSR count). The molecular weight excluding hydrogens is 225 g/mol. The third kappa shape index (κ3) is 1.95. The fourth-order valence-corrected chi connectivity index (χ4v) is 1.68. The van der Waals surface area contributed by atoms with E-state index >= 15 is 0 Å². The Morgan fingerprint density at radius 1 is 1.57 bits per heavy atom. The maximum Gasteiger partial charge on any atom is 0.219 e. The van der Waals surface area contributed by atoms with Gasteiger partial charge in [-0.25, -0.2) is 4.98 Å². The molecule has 0 unspecified atom stereocenters. The van der Waals surface area contributed by atoms with Crippen LogP contribution in [0.1, 0.15) is 16.8 Å². The molecule has 0 aliphatic carbocycles. The van der Waals surface area contributed by atoms with Gasteiger partial charge in [0.05, 0.1) is 12.5 Å². The number of pyridine rings is 1. The minimum Gasteiger partial charge on any atom is -1.00 e. The van der Waals surface area contributed by atoms with Crippen molar-refractivity contribution in [2.45, 2.75) is 19.4 Å². The second-order valence-electron chi connectivity index (χ2n) is 2.99. The van der Waals surface area contributed by atoms with Crippen LogP contribution in [0.25, 0.3) is 0 Å². The second-order valence-corrected chi connectivity index (χ2v) is 3.26. The van der Waals surface area contributed by atoms with Gasteiger partial charge in [-0.05, 0) is 0 Å². The van der Waals surface area contributed by atoms with Crippen LogP contribution in [0.3, 0.4) is 0 Å². The van der Waals surface area contributed by atoms with Crippen LogP contribution in [0.15, 0.2) is 6.20 Å². The van der Waals surface area contributed by atoms with E-state index in [0.29, 0.717) is 19.3 Å². The first kappa shape index (κ1) is 11.6. The van der Waals surface area contributed by atoms with Crippen LogP contribution < -0.4 is 22.1 Å². The summed E-state index contributed by atoms with van der Waals surface area (Å²) in [5, 5.41) is 0. The van der Waals surface area contributed by atoms with Gasteiger partial charge in [0.1, 0.15) is 0 Å². The SMILES string of the molecule is Cc1[nH+]cc(CCl)c2c1OCOC2.[Cl-]. The Kier molecular flexibility index (Phi) is 3.98. The Balaban J connectivity index is 0.000000980. The summed E-state index contributed by atoms with van der Waals surface area (Å²) in [5.74, 6) is 1.37. The summed E-state index contributed by atoms with van der Waals surface area (Å²) in [6.07, 6.45) is 1.90. The highest BCUT2D eigenvalue weighted by molar-refractivity contribution is 6.17. The Morgan fingerprint density at radius 3 is 3.07 bits per heavy atom. The van der Waals surface area contributed by atoms with Gasteiger partial charge >= 0.3 is 0 Å². The maximum absolute atomic E-state index is 5.79. The van der Waals surface area contributed by atoms with Gasteiger partial charge in [-0.3, -0.25) is 0 Å². The monoisotopic (exact) mass is 235 g/mol. The number of aromatic nitrogens is 1. The number of nitrogens with one attached hydrogen (secondary N) is 1. The van der Waals surface area contributed by atoms with Crippen LogP contribution in [0.5, 0.6) is 5.75 Å². The minimum atomic E-state index is 0. The van der Waals surface area contributed by atoms with Gasteiger partial charge in [-0.15, -0.1) is 11.6 Å². The number of hydrogen-bond donors (Lipinski definition) is 0. The van der Waals surface area contributed by atoms with Crippen molar-refractivity contribution in [3.63, 3.8) is 0 Å². The molecule has 0 atom stereocenters. The molecule has 78 valence electrons. The van der Waals surface area contributed by atoms with Crippen molar-refractivity contribution in [2.75, 3.05) is 6.79 Å². The number of hydrogen-bond acceptors (Lipinski definition) is 2. The van der Waals surface area contributed by atoms with Crippen molar-refractivity contribution < 1.29 is 26.9 Å². The molecule has 1 aliphatic rings. The van der Waals surface area contributed by atoms with Crippen LogP contribution in [0, 0.1) is 6.92 Å². The zero-order valence-corrected chi connectivity index (χ0v) is 9.28. The largest absolute Gasteiger partial charge is 1.00 e. The Hall–Kier alpha value is -0.510. The van der Waals surface area contributed by atoms with Crippen molar-refractivity contribution >= 4 is 11.6 Å². The quantitative estimate of drug-likeness (QED) is 0.551. The van der Waals surface area contributed by atoms with Gasteiger partial charge in [-0.1, -0.05) is 0 Å². The van der Waals surface area contributed by atoms with Gasteiger partial charge < -0.3 is 21.9 Å². The highest BCUT2D eigenvalue weighted by Gasteiger charge is 2.20. The normalized spacial score (nSPS) is 13.9. The predicted octanol–water partition coefficient (Wildman–Crippen LogP) is -1.58. The average molecular weight is 236 g/mol. The molecule has 5 heteroatoms. The third-order valence-electron chi connectivity index (χ3n) is 2.14. The summed E-state index contributed by atoms with van der Waals surface area (Å²) in [6, 6.07) is 0. The lowest BCUT2D eigenvalue weighted by Crippen LogP contribution is -3.00. The summed E-state index contributed by atoms with van der Waals surface area (Å²) in [6.45, 7) is 2.89. The Morgan fingerprint density at radius 2 is 2.36 bits per heavy atom. The summed E-state index contributed by atoms with van der Waals surface area (Å²) in [7, 11) is 0. The minimum absolute atomic E-state index is 0. The fourth-order valence-electron chi connectivity index (χ4n) is 1.44. The van der Waals surface area contributed by atoms with E-state index in [-0.39, 0.29) is 12.4 Å². The molecule has 1 aliphatic heterocycles. The fraction of sp³-hybridized carbons (Fsp3) is 0.444. The van der Waals surface area contributed by atoms with Crippen LogP contribution >= 0.6 is 11.6 Å². The molecule has 0 bridgehead atoms. The lowest BCUT2D eigenvalue weighted by atomic mass is 10.1. The van der Waals surface area contributed by atoms with E-state index < -0.39 is 0 Å². The molecule has 1 aromatic heterocycles. The molecule has 1 aromatic rings. The van der Waals surface area contributed by atoms with E-state index in [2.05, 4.69) is 4.98 Å². The van der Waals surface area contributed by atoms with Gasteiger partial charge in [-0.2, -0.15) is 0 Å². The third-order valence-corrected chi connectivity index (χ3v) is 2.43. The van der Waals surface area contributed by atoms with Crippen molar-refractivity contribution in [3.8, 4) is 5.75 Å². The first-order chi connectivity index (χ1) is 6.33. The molecule has 1 N–H and O–H groups in total. The number of aryl methyl sites for hydroxylation is 1. The van der Waals surface area contributed by atoms with Gasteiger partial charge in [0.2, 0.25) is 5.69 Å². The molecule has 0 fully saturated rings. The summed E-state index contributed by atoms with van der Waals surface area (Å²) < 4.78 is 10.6. The van der Waals surface area contributed by atoms with Crippen LogP contribution in [-0.4, -0.2) is 6.79 Å². The highest BCUT2D eigenvalue weighted by Crippen LogP contribution is 2.28. The highest BCUT2D eigenvalue weighted by atomic mass is 35.5. The lowest BCUT2D eigenvalue weighted by molar-refractivity contribution is -0.390. The number of aromatic amines is 1. The predicted molar refractivity (Wildman–Crippen MR) is 47.6 cm³/mol. The Bertz CT molecular complexity index is 331. The first-order valence-electron chi connectivity index (χ1n) is 4.12. The number of rotatable bonds is 1. The molecule has 3 nitrogen and oxygen atoms in total. The number of H-pyrrole nitrogens is 1. The van der Waals surface area contributed by atoms with Gasteiger partial charge in [0.15, 0.2) is 18.7 Å². The van der Waals surface area contributed by atoms with Crippen LogP contribution in [0.2, 0.25) is 0 Å². The topological polar surface area (TPSA) is 32.6 Å².